The average molecular weight is 175 g/mol. The maximum Gasteiger partial charge on any atom is 0.573 e. The van der Waals surface area contributed by atoms with Gasteiger partial charge >= 0.3 is 6.36 Å². The molecule has 0 aliphatic carbocycles. The van der Waals surface area contributed by atoms with Crippen LogP contribution in [0.25, 0.3) is 0 Å². The Morgan fingerprint density at radius 1 is 1.25 bits per heavy atom. The average Bonchev–Trinajstić information content (AvgIpc) is 1.91. The van der Waals surface area contributed by atoms with Crippen molar-refractivity contribution in [2.24, 2.45) is 0 Å². The lowest BCUT2D eigenvalue weighted by atomic mass is 10.4. The zero-order chi connectivity index (χ0) is 9.19. The first-order chi connectivity index (χ1) is 5.47. The van der Waals surface area contributed by atoms with Crippen molar-refractivity contribution in [1.82, 2.24) is 0 Å². The third kappa shape index (κ3) is 2.58. The summed E-state index contributed by atoms with van der Waals surface area (Å²) in [5, 5.41) is 0. The summed E-state index contributed by atoms with van der Waals surface area (Å²) in [6, 6.07) is 6.67. The van der Waals surface area contributed by atoms with E-state index < -0.39 is 12.1 Å². The van der Waals surface area contributed by atoms with Gasteiger partial charge in [-0.05, 0) is 24.3 Å². The number of nitrogen functional groups attached to an aromatic ring is 1. The molecule has 0 radical (unpaired) electrons. The van der Waals surface area contributed by atoms with E-state index in [1.54, 1.807) is 0 Å². The van der Waals surface area contributed by atoms with Crippen LogP contribution >= 0.6 is 0 Å². The van der Waals surface area contributed by atoms with Crippen LogP contribution in [0.4, 0.5) is 18.9 Å². The van der Waals surface area contributed by atoms with Crippen molar-refractivity contribution in [1.29, 1.82) is 0 Å². The van der Waals surface area contributed by atoms with Gasteiger partial charge in [-0.2, -0.15) is 0 Å². The standard InChI is InChI=1S/C7H4F3NO/c8-7(9,10)12-6-3-1-5(11)2-4-6/h1,3H,11H2. The normalized spacial score (nSPS) is 10.6. The number of hydrogen-bond acceptors (Lipinski definition) is 2. The second-order valence-electron chi connectivity index (χ2n) is 1.95. The Morgan fingerprint density at radius 3 is 2.33 bits per heavy atom. The first-order valence-electron chi connectivity index (χ1n) is 2.92. The lowest BCUT2D eigenvalue weighted by Gasteiger charge is -2.05. The number of rotatable bonds is 1. The third-order valence-electron chi connectivity index (χ3n) is 0.970. The minimum absolute atomic E-state index is 0.213. The molecule has 0 aliphatic heterocycles. The van der Waals surface area contributed by atoms with Crippen molar-refractivity contribution < 1.29 is 17.9 Å². The highest BCUT2D eigenvalue weighted by Gasteiger charge is 2.31. The van der Waals surface area contributed by atoms with E-state index in [-0.39, 0.29) is 5.69 Å². The summed E-state index contributed by atoms with van der Waals surface area (Å²) in [5.74, 6) is -0.448. The molecule has 0 aromatic heterocycles. The summed E-state index contributed by atoms with van der Waals surface area (Å²) in [7, 11) is 0. The lowest BCUT2D eigenvalue weighted by molar-refractivity contribution is -0.274. The Labute approximate surface area is 66.7 Å². The molecule has 0 fully saturated rings. The monoisotopic (exact) mass is 175 g/mol. The number of alkyl halides is 3. The Kier molecular flexibility index (Phi) is 2.00. The van der Waals surface area contributed by atoms with E-state index in [4.69, 9.17) is 5.73 Å². The molecule has 12 heavy (non-hydrogen) atoms. The van der Waals surface area contributed by atoms with Crippen molar-refractivity contribution in [3.63, 3.8) is 0 Å². The van der Waals surface area contributed by atoms with E-state index in [1.165, 1.54) is 6.07 Å². The van der Waals surface area contributed by atoms with Crippen LogP contribution in [0.2, 0.25) is 0 Å². The number of halogens is 3. The predicted molar refractivity (Wildman–Crippen MR) is 35.2 cm³/mol. The number of ether oxygens (including phenoxy) is 1. The topological polar surface area (TPSA) is 35.2 Å². The zero-order valence-corrected chi connectivity index (χ0v) is 5.77. The minimum atomic E-state index is -4.69. The second kappa shape index (κ2) is 2.81. The van der Waals surface area contributed by atoms with Crippen molar-refractivity contribution in [3.8, 4) is 5.75 Å². The number of hydrogen-bond donors (Lipinski definition) is 1. The largest absolute Gasteiger partial charge is 0.573 e. The van der Waals surface area contributed by atoms with Crippen LogP contribution in [-0.4, -0.2) is 6.36 Å². The zero-order valence-electron chi connectivity index (χ0n) is 5.77. The molecule has 2 N–H and O–H groups in total. The van der Waals surface area contributed by atoms with Crippen LogP contribution in [-0.2, 0) is 0 Å². The summed E-state index contributed by atoms with van der Waals surface area (Å²) >= 11 is 0. The molecule has 1 rings (SSSR count). The molecule has 2 nitrogen and oxygen atoms in total. The van der Waals surface area contributed by atoms with Gasteiger partial charge in [0.05, 0.1) is 5.69 Å². The summed E-state index contributed by atoms with van der Waals surface area (Å²) < 4.78 is 38.2. The quantitative estimate of drug-likeness (QED) is 0.705. The molecule has 0 spiro atoms. The van der Waals surface area contributed by atoms with E-state index in [2.05, 4.69) is 16.9 Å². The first-order valence-corrected chi connectivity index (χ1v) is 2.92. The van der Waals surface area contributed by atoms with Gasteiger partial charge in [-0.25, -0.2) is 0 Å². The molecular weight excluding hydrogens is 171 g/mol. The molecule has 1 aromatic carbocycles. The van der Waals surface area contributed by atoms with Crippen molar-refractivity contribution >= 4 is 5.69 Å². The lowest BCUT2D eigenvalue weighted by Crippen LogP contribution is -2.16. The minimum Gasteiger partial charge on any atom is -0.397 e. The van der Waals surface area contributed by atoms with Crippen LogP contribution in [0.15, 0.2) is 12.1 Å². The number of nitrogens with two attached hydrogens (primary N) is 1. The van der Waals surface area contributed by atoms with Crippen LogP contribution in [0.1, 0.15) is 0 Å². The van der Waals surface area contributed by atoms with Crippen LogP contribution in [0.5, 0.6) is 5.75 Å². The third-order valence-corrected chi connectivity index (χ3v) is 0.970. The van der Waals surface area contributed by atoms with Gasteiger partial charge < -0.3 is 10.5 Å². The van der Waals surface area contributed by atoms with E-state index >= 15 is 0 Å². The highest BCUT2D eigenvalue weighted by atomic mass is 19.4. The van der Waals surface area contributed by atoms with Gasteiger partial charge in [-0.1, -0.05) is 0 Å². The van der Waals surface area contributed by atoms with E-state index in [0.717, 1.165) is 6.07 Å². The van der Waals surface area contributed by atoms with Crippen molar-refractivity contribution in [2.45, 2.75) is 6.36 Å². The molecule has 5 heteroatoms. The van der Waals surface area contributed by atoms with E-state index in [1.807, 2.05) is 0 Å². The van der Waals surface area contributed by atoms with Gasteiger partial charge in [0, 0.05) is 0 Å². The Morgan fingerprint density at radius 2 is 1.92 bits per heavy atom. The molecule has 0 unspecified atom stereocenters. The van der Waals surface area contributed by atoms with E-state index in [0.29, 0.717) is 0 Å². The summed E-state index contributed by atoms with van der Waals surface area (Å²) in [6.45, 7) is 0. The molecule has 0 bridgehead atoms. The van der Waals surface area contributed by atoms with Gasteiger partial charge in [0.2, 0.25) is 0 Å². The fraction of sp³-hybridized carbons (Fsp3) is 0.143. The maximum atomic E-state index is 11.6. The van der Waals surface area contributed by atoms with Gasteiger partial charge in [0.1, 0.15) is 0 Å². The molecule has 0 amide bonds. The van der Waals surface area contributed by atoms with Gasteiger partial charge in [-0.15, -0.1) is 13.2 Å². The Bertz CT molecular complexity index is 254. The Hall–Kier alpha value is -1.57. The van der Waals surface area contributed by atoms with Gasteiger partial charge in [0.25, 0.3) is 0 Å². The maximum absolute atomic E-state index is 11.6. The highest BCUT2D eigenvalue weighted by molar-refractivity contribution is 5.35. The molecule has 64 valence electrons. The molecule has 0 atom stereocenters. The molecule has 0 heterocycles. The predicted octanol–water partition coefficient (Wildman–Crippen LogP) is 1.77. The Balaban J connectivity index is 2.71. The van der Waals surface area contributed by atoms with E-state index in [9.17, 15) is 13.2 Å². The summed E-state index contributed by atoms with van der Waals surface area (Å²) in [6.07, 6.45) is -4.69. The van der Waals surface area contributed by atoms with Gasteiger partial charge in [0.15, 0.2) is 5.75 Å². The number of anilines is 1. The fourth-order valence-electron chi connectivity index (χ4n) is 0.567. The first kappa shape index (κ1) is 8.53. The van der Waals surface area contributed by atoms with Gasteiger partial charge in [-0.3, -0.25) is 0 Å². The fourth-order valence-corrected chi connectivity index (χ4v) is 0.567. The smallest absolute Gasteiger partial charge is 0.397 e. The van der Waals surface area contributed by atoms with Crippen LogP contribution < -0.4 is 10.5 Å². The summed E-state index contributed by atoms with van der Waals surface area (Å²) in [5.41, 5.74) is 5.38. The van der Waals surface area contributed by atoms with Crippen molar-refractivity contribution in [3.05, 3.63) is 24.3 Å². The molecule has 1 aromatic rings. The molecule has 0 aliphatic rings. The second-order valence-corrected chi connectivity index (χ2v) is 1.95. The molecule has 0 saturated heterocycles. The van der Waals surface area contributed by atoms with Crippen LogP contribution in [0.3, 0.4) is 0 Å². The highest BCUT2D eigenvalue weighted by Crippen LogP contribution is 2.20. The summed E-state index contributed by atoms with van der Waals surface area (Å²) in [4.78, 5) is 0. The van der Waals surface area contributed by atoms with Crippen molar-refractivity contribution in [2.75, 3.05) is 5.73 Å². The molecule has 0 saturated carbocycles. The van der Waals surface area contributed by atoms with Crippen LogP contribution in [0, 0.1) is 12.1 Å². The SMILES string of the molecule is Nc1c#cc(OC(F)(F)F)cc1. The molecular formula is C7H4F3NO.